The molecule has 1 N–H and O–H groups in total. The number of nitrogens with one attached hydrogen (secondary N) is 1. The molecule has 0 spiro atoms. The van der Waals surface area contributed by atoms with Gasteiger partial charge in [0.05, 0.1) is 4.92 Å². The lowest BCUT2D eigenvalue weighted by molar-refractivity contribution is -0.384. The van der Waals surface area contributed by atoms with Crippen LogP contribution in [0.2, 0.25) is 0 Å². The molecule has 1 aromatic carbocycles. The normalized spacial score (nSPS) is 14.0. The Morgan fingerprint density at radius 3 is 2.61 bits per heavy atom. The molecule has 0 saturated carbocycles. The van der Waals surface area contributed by atoms with E-state index in [1.807, 2.05) is 0 Å². The Labute approximate surface area is 105 Å². The van der Waals surface area contributed by atoms with Crippen molar-refractivity contribution in [1.82, 2.24) is 0 Å². The topological polar surface area (TPSA) is 72.2 Å². The number of benzene rings is 1. The Balaban J connectivity index is 3.02. The zero-order valence-corrected chi connectivity index (χ0v) is 10.6. The average molecular weight is 278 g/mol. The Hall–Kier alpha value is -1.57. The molecule has 0 aliphatic heterocycles. The molecule has 1 aromatic rings. The summed E-state index contributed by atoms with van der Waals surface area (Å²) in [6, 6.07) is 1.58. The minimum absolute atomic E-state index is 0.0460. The van der Waals surface area contributed by atoms with E-state index < -0.39 is 38.7 Å². The van der Waals surface area contributed by atoms with Gasteiger partial charge in [-0.15, -0.1) is 0 Å². The molecule has 0 aliphatic rings. The lowest BCUT2D eigenvalue weighted by atomic mass is 10.2. The van der Waals surface area contributed by atoms with Crippen LogP contribution in [-0.4, -0.2) is 27.2 Å². The number of nitrogens with zero attached hydrogens (tertiary/aromatic N) is 1. The van der Waals surface area contributed by atoms with Crippen LogP contribution in [0.1, 0.15) is 6.92 Å². The van der Waals surface area contributed by atoms with Crippen molar-refractivity contribution in [2.45, 2.75) is 12.2 Å². The summed E-state index contributed by atoms with van der Waals surface area (Å²) in [5.41, 5.74) is -1.07. The molecule has 100 valence electrons. The summed E-state index contributed by atoms with van der Waals surface area (Å²) in [7, 11) is -1.16. The smallest absolute Gasteiger partial charge is 0.295 e. The van der Waals surface area contributed by atoms with Gasteiger partial charge in [-0.05, 0) is 13.0 Å². The van der Waals surface area contributed by atoms with Crippen molar-refractivity contribution in [2.24, 2.45) is 0 Å². The van der Waals surface area contributed by atoms with Gasteiger partial charge in [-0.25, -0.2) is 8.78 Å². The SMILES string of the molecule is CC(CNc1c([N+](=O)[O-])ccc(F)c1F)S(C)=O. The van der Waals surface area contributed by atoms with Gasteiger partial charge in [-0.1, -0.05) is 0 Å². The molecule has 0 aliphatic carbocycles. The molecule has 0 heterocycles. The zero-order chi connectivity index (χ0) is 13.9. The molecule has 2 atom stereocenters. The van der Waals surface area contributed by atoms with Crippen molar-refractivity contribution in [3.05, 3.63) is 33.9 Å². The summed E-state index contributed by atoms with van der Waals surface area (Å²) in [5.74, 6) is -2.48. The van der Waals surface area contributed by atoms with Gasteiger partial charge in [0, 0.05) is 34.9 Å². The van der Waals surface area contributed by atoms with Crippen molar-refractivity contribution in [1.29, 1.82) is 0 Å². The van der Waals surface area contributed by atoms with E-state index in [0.717, 1.165) is 6.07 Å². The van der Waals surface area contributed by atoms with E-state index >= 15 is 0 Å². The zero-order valence-electron chi connectivity index (χ0n) is 9.78. The highest BCUT2D eigenvalue weighted by atomic mass is 32.2. The maximum Gasteiger partial charge on any atom is 0.295 e. The summed E-state index contributed by atoms with van der Waals surface area (Å²) in [6.45, 7) is 1.68. The van der Waals surface area contributed by atoms with E-state index in [9.17, 15) is 23.1 Å². The van der Waals surface area contributed by atoms with E-state index in [4.69, 9.17) is 0 Å². The highest BCUT2D eigenvalue weighted by Crippen LogP contribution is 2.29. The molecule has 1 rings (SSSR count). The summed E-state index contributed by atoms with van der Waals surface area (Å²) in [6.07, 6.45) is 1.46. The first-order valence-electron chi connectivity index (χ1n) is 5.03. The quantitative estimate of drug-likeness (QED) is 0.661. The number of nitro groups is 1. The molecule has 0 amide bonds. The predicted octanol–water partition coefficient (Wildman–Crippen LogP) is 2.05. The van der Waals surface area contributed by atoms with Crippen LogP contribution < -0.4 is 5.32 Å². The Bertz CT molecular complexity index is 496. The van der Waals surface area contributed by atoms with Crippen LogP contribution in [0.25, 0.3) is 0 Å². The second-order valence-corrected chi connectivity index (χ2v) is 5.50. The Morgan fingerprint density at radius 2 is 2.11 bits per heavy atom. The highest BCUT2D eigenvalue weighted by Gasteiger charge is 2.22. The van der Waals surface area contributed by atoms with Gasteiger partial charge in [0.25, 0.3) is 5.69 Å². The maximum atomic E-state index is 13.5. The maximum absolute atomic E-state index is 13.5. The largest absolute Gasteiger partial charge is 0.376 e. The van der Waals surface area contributed by atoms with Crippen molar-refractivity contribution in [3.63, 3.8) is 0 Å². The fourth-order valence-electron chi connectivity index (χ4n) is 1.22. The number of halogens is 2. The van der Waals surface area contributed by atoms with Gasteiger partial charge < -0.3 is 5.32 Å². The van der Waals surface area contributed by atoms with Crippen LogP contribution in [0.3, 0.4) is 0 Å². The molecule has 18 heavy (non-hydrogen) atoms. The van der Waals surface area contributed by atoms with Crippen LogP contribution in [-0.2, 0) is 10.8 Å². The molecule has 0 radical (unpaired) electrons. The van der Waals surface area contributed by atoms with E-state index in [1.165, 1.54) is 6.26 Å². The van der Waals surface area contributed by atoms with Crippen LogP contribution in [0.15, 0.2) is 12.1 Å². The predicted molar refractivity (Wildman–Crippen MR) is 65.0 cm³/mol. The molecule has 0 saturated heterocycles. The van der Waals surface area contributed by atoms with Gasteiger partial charge in [0.15, 0.2) is 17.3 Å². The molecule has 0 aromatic heterocycles. The molecule has 0 bridgehead atoms. The lowest BCUT2D eigenvalue weighted by Crippen LogP contribution is -2.21. The average Bonchev–Trinajstić information content (AvgIpc) is 2.29. The van der Waals surface area contributed by atoms with E-state index in [2.05, 4.69) is 5.32 Å². The number of rotatable bonds is 5. The molecule has 2 unspecified atom stereocenters. The van der Waals surface area contributed by atoms with Crippen LogP contribution in [0.4, 0.5) is 20.2 Å². The van der Waals surface area contributed by atoms with Crippen molar-refractivity contribution in [3.8, 4) is 0 Å². The van der Waals surface area contributed by atoms with Crippen molar-refractivity contribution < 1.29 is 17.9 Å². The molecular weight excluding hydrogens is 266 g/mol. The van der Waals surface area contributed by atoms with E-state index in [-0.39, 0.29) is 11.8 Å². The van der Waals surface area contributed by atoms with Gasteiger partial charge in [0.2, 0.25) is 0 Å². The number of hydrogen-bond donors (Lipinski definition) is 1. The van der Waals surface area contributed by atoms with Crippen molar-refractivity contribution >= 4 is 22.2 Å². The van der Waals surface area contributed by atoms with Crippen LogP contribution in [0.5, 0.6) is 0 Å². The van der Waals surface area contributed by atoms with Gasteiger partial charge in [-0.2, -0.15) is 0 Å². The number of hydrogen-bond acceptors (Lipinski definition) is 4. The first-order chi connectivity index (χ1) is 8.34. The third-order valence-electron chi connectivity index (χ3n) is 2.40. The van der Waals surface area contributed by atoms with Crippen LogP contribution >= 0.6 is 0 Å². The van der Waals surface area contributed by atoms with Gasteiger partial charge in [-0.3, -0.25) is 14.3 Å². The summed E-state index contributed by atoms with van der Waals surface area (Å²) in [4.78, 5) is 9.87. The third kappa shape index (κ3) is 3.22. The second kappa shape index (κ2) is 5.85. The fourth-order valence-corrected chi connectivity index (χ4v) is 1.54. The molecule has 8 heteroatoms. The van der Waals surface area contributed by atoms with E-state index in [0.29, 0.717) is 6.07 Å². The van der Waals surface area contributed by atoms with Gasteiger partial charge in [0.1, 0.15) is 0 Å². The summed E-state index contributed by atoms with van der Waals surface area (Å²) >= 11 is 0. The van der Waals surface area contributed by atoms with E-state index in [1.54, 1.807) is 6.92 Å². The fraction of sp³-hybridized carbons (Fsp3) is 0.400. The third-order valence-corrected chi connectivity index (χ3v) is 3.70. The Kier molecular flexibility index (Phi) is 4.71. The minimum Gasteiger partial charge on any atom is -0.376 e. The molecule has 5 nitrogen and oxygen atoms in total. The first kappa shape index (κ1) is 14.5. The standard InChI is InChI=1S/C10H12F2N2O3S/c1-6(18(2)17)5-13-10-8(14(15)16)4-3-7(11)9(10)12/h3-4,6,13H,5H2,1-2H3. The van der Waals surface area contributed by atoms with Gasteiger partial charge >= 0.3 is 0 Å². The Morgan fingerprint density at radius 1 is 1.50 bits per heavy atom. The summed E-state index contributed by atoms with van der Waals surface area (Å²) in [5, 5.41) is 12.8. The summed E-state index contributed by atoms with van der Waals surface area (Å²) < 4.78 is 37.6. The van der Waals surface area contributed by atoms with Crippen LogP contribution in [0, 0.1) is 21.7 Å². The number of nitro benzene ring substituents is 1. The van der Waals surface area contributed by atoms with Crippen molar-refractivity contribution in [2.75, 3.05) is 18.1 Å². The first-order valence-corrected chi connectivity index (χ1v) is 6.65. The number of anilines is 1. The molecular formula is C10H12F2N2O3S. The monoisotopic (exact) mass is 278 g/mol. The highest BCUT2D eigenvalue weighted by molar-refractivity contribution is 7.84. The molecule has 0 fully saturated rings. The second-order valence-electron chi connectivity index (χ2n) is 3.70. The lowest BCUT2D eigenvalue weighted by Gasteiger charge is -2.12. The minimum atomic E-state index is -1.31.